The maximum Gasteiger partial charge on any atom is 0.0994 e. The predicted octanol–water partition coefficient (Wildman–Crippen LogP) is 7.49. The molecule has 0 atom stereocenters. The first-order valence-corrected chi connectivity index (χ1v) is 10.7. The fourth-order valence-corrected chi connectivity index (χ4v) is 5.06. The Morgan fingerprint density at radius 2 is 1.30 bits per heavy atom. The van der Waals surface area contributed by atoms with Crippen molar-refractivity contribution in [3.63, 3.8) is 0 Å². The molecule has 3 nitrogen and oxygen atoms in total. The molecule has 0 radical (unpaired) electrons. The molecular formula is C26H14BrN3. The van der Waals surface area contributed by atoms with Gasteiger partial charge in [0.15, 0.2) is 0 Å². The van der Waals surface area contributed by atoms with Crippen LogP contribution in [0.2, 0.25) is 0 Å². The van der Waals surface area contributed by atoms with Gasteiger partial charge in [0.05, 0.1) is 22.1 Å². The van der Waals surface area contributed by atoms with Crippen molar-refractivity contribution in [2.24, 2.45) is 0 Å². The molecule has 0 aliphatic rings. The van der Waals surface area contributed by atoms with E-state index < -0.39 is 0 Å². The van der Waals surface area contributed by atoms with Crippen LogP contribution in [0.1, 0.15) is 0 Å². The molecule has 0 aliphatic heterocycles. The number of hydrogen-bond acceptors (Lipinski definition) is 2. The summed E-state index contributed by atoms with van der Waals surface area (Å²) in [5, 5.41) is 6.95. The average Bonchev–Trinajstić information content (AvgIpc) is 3.17. The van der Waals surface area contributed by atoms with E-state index in [2.05, 4.69) is 99.8 Å². The van der Waals surface area contributed by atoms with Gasteiger partial charge in [0.1, 0.15) is 0 Å². The standard InChI is InChI=1S/C26H14BrN3/c27-14-9-10-17-19(13-14)15-5-1-2-6-16(15)24-25(17)30-26-22(29-24)12-11-21-23(26)18-7-3-4-8-20(18)28-21/h1-13,28H. The molecule has 0 amide bonds. The van der Waals surface area contributed by atoms with Gasteiger partial charge in [-0.3, -0.25) is 0 Å². The zero-order chi connectivity index (χ0) is 19.8. The molecule has 0 spiro atoms. The predicted molar refractivity (Wildman–Crippen MR) is 129 cm³/mol. The van der Waals surface area contributed by atoms with Crippen molar-refractivity contribution < 1.29 is 0 Å². The van der Waals surface area contributed by atoms with E-state index in [1.807, 2.05) is 0 Å². The van der Waals surface area contributed by atoms with Crippen molar-refractivity contribution in [3.8, 4) is 0 Å². The number of nitrogens with one attached hydrogen (secondary N) is 1. The van der Waals surface area contributed by atoms with Crippen LogP contribution in [0, 0.1) is 0 Å². The SMILES string of the molecule is Brc1ccc2c(c1)c1ccccc1c1nc3ccc4[nH]c5ccccc5c4c3nc21. The molecule has 140 valence electrons. The Balaban J connectivity index is 1.78. The van der Waals surface area contributed by atoms with Crippen LogP contribution >= 0.6 is 15.9 Å². The van der Waals surface area contributed by atoms with Gasteiger partial charge in [-0.05, 0) is 41.1 Å². The largest absolute Gasteiger partial charge is 0.354 e. The topological polar surface area (TPSA) is 41.6 Å². The second kappa shape index (κ2) is 5.77. The summed E-state index contributed by atoms with van der Waals surface area (Å²) in [5.41, 5.74) is 5.96. The molecule has 7 rings (SSSR count). The Morgan fingerprint density at radius 1 is 0.567 bits per heavy atom. The Bertz CT molecular complexity index is 1810. The van der Waals surface area contributed by atoms with Crippen LogP contribution in [0.4, 0.5) is 0 Å². The Kier molecular flexibility index (Phi) is 3.14. The molecule has 5 aromatic carbocycles. The molecular weight excluding hydrogens is 434 g/mol. The third-order valence-corrected chi connectivity index (χ3v) is 6.50. The van der Waals surface area contributed by atoms with E-state index >= 15 is 0 Å². The quantitative estimate of drug-likeness (QED) is 0.193. The first-order valence-electron chi connectivity index (χ1n) is 9.89. The van der Waals surface area contributed by atoms with Crippen LogP contribution in [-0.2, 0) is 0 Å². The molecule has 7 aromatic rings. The number of benzene rings is 5. The summed E-state index contributed by atoms with van der Waals surface area (Å²) >= 11 is 3.64. The maximum atomic E-state index is 5.24. The van der Waals surface area contributed by atoms with E-state index in [1.165, 1.54) is 16.2 Å². The van der Waals surface area contributed by atoms with Gasteiger partial charge in [0.25, 0.3) is 0 Å². The van der Waals surface area contributed by atoms with Gasteiger partial charge in [-0.25, -0.2) is 9.97 Å². The molecule has 0 saturated carbocycles. The van der Waals surface area contributed by atoms with Crippen molar-refractivity contribution in [2.45, 2.75) is 0 Å². The first-order chi connectivity index (χ1) is 14.8. The molecule has 1 N–H and O–H groups in total. The number of fused-ring (bicyclic) bond motifs is 11. The van der Waals surface area contributed by atoms with Gasteiger partial charge in [-0.2, -0.15) is 0 Å². The number of aromatic nitrogens is 3. The minimum atomic E-state index is 0.918. The maximum absolute atomic E-state index is 5.24. The lowest BCUT2D eigenvalue weighted by atomic mass is 9.99. The highest BCUT2D eigenvalue weighted by Gasteiger charge is 2.15. The van der Waals surface area contributed by atoms with Crippen LogP contribution in [0.3, 0.4) is 0 Å². The van der Waals surface area contributed by atoms with E-state index in [4.69, 9.17) is 9.97 Å². The Labute approximate surface area is 179 Å². The fourth-order valence-electron chi connectivity index (χ4n) is 4.70. The monoisotopic (exact) mass is 447 g/mol. The van der Waals surface area contributed by atoms with Gasteiger partial charge < -0.3 is 4.98 Å². The van der Waals surface area contributed by atoms with Crippen LogP contribution in [0.25, 0.3) is 65.4 Å². The van der Waals surface area contributed by atoms with Crippen molar-refractivity contribution in [3.05, 3.63) is 83.3 Å². The lowest BCUT2D eigenvalue weighted by Gasteiger charge is -2.11. The highest BCUT2D eigenvalue weighted by atomic mass is 79.9. The van der Waals surface area contributed by atoms with Gasteiger partial charge in [0.2, 0.25) is 0 Å². The molecule has 0 fully saturated rings. The molecule has 30 heavy (non-hydrogen) atoms. The summed E-state index contributed by atoms with van der Waals surface area (Å²) in [7, 11) is 0. The number of aromatic amines is 1. The third kappa shape index (κ3) is 2.09. The smallest absolute Gasteiger partial charge is 0.0994 e. The molecule has 2 heterocycles. The van der Waals surface area contributed by atoms with Gasteiger partial charge >= 0.3 is 0 Å². The summed E-state index contributed by atoms with van der Waals surface area (Å²) in [6, 6.07) is 27.4. The minimum absolute atomic E-state index is 0.918. The van der Waals surface area contributed by atoms with E-state index in [1.54, 1.807) is 0 Å². The average molecular weight is 448 g/mol. The molecule has 0 unspecified atom stereocenters. The van der Waals surface area contributed by atoms with E-state index in [0.29, 0.717) is 0 Å². The first kappa shape index (κ1) is 16.3. The minimum Gasteiger partial charge on any atom is -0.354 e. The van der Waals surface area contributed by atoms with Crippen molar-refractivity contribution in [2.75, 3.05) is 0 Å². The molecule has 0 bridgehead atoms. The summed E-state index contributed by atoms with van der Waals surface area (Å²) in [6.07, 6.45) is 0. The van der Waals surface area contributed by atoms with E-state index in [-0.39, 0.29) is 0 Å². The highest BCUT2D eigenvalue weighted by Crippen LogP contribution is 2.37. The van der Waals surface area contributed by atoms with E-state index in [9.17, 15) is 0 Å². The second-order valence-electron chi connectivity index (χ2n) is 7.68. The Hall–Kier alpha value is -3.50. The normalized spacial score (nSPS) is 12.2. The third-order valence-electron chi connectivity index (χ3n) is 6.01. The summed E-state index contributed by atoms with van der Waals surface area (Å²) in [6.45, 7) is 0. The van der Waals surface area contributed by atoms with Crippen molar-refractivity contribution in [1.29, 1.82) is 0 Å². The van der Waals surface area contributed by atoms with Crippen molar-refractivity contribution >= 4 is 81.3 Å². The number of rotatable bonds is 0. The summed E-state index contributed by atoms with van der Waals surface area (Å²) in [4.78, 5) is 13.9. The van der Waals surface area contributed by atoms with Gasteiger partial charge in [-0.15, -0.1) is 0 Å². The summed E-state index contributed by atoms with van der Waals surface area (Å²) < 4.78 is 1.06. The molecule has 0 saturated heterocycles. The van der Waals surface area contributed by atoms with Crippen LogP contribution in [-0.4, -0.2) is 15.0 Å². The number of nitrogens with zero attached hydrogens (tertiary/aromatic N) is 2. The lowest BCUT2D eigenvalue weighted by molar-refractivity contribution is 1.43. The fraction of sp³-hybridized carbons (Fsp3) is 0. The Morgan fingerprint density at radius 3 is 2.20 bits per heavy atom. The van der Waals surface area contributed by atoms with Crippen LogP contribution < -0.4 is 0 Å². The number of H-pyrrole nitrogens is 1. The second-order valence-corrected chi connectivity index (χ2v) is 8.60. The van der Waals surface area contributed by atoms with Crippen molar-refractivity contribution in [1.82, 2.24) is 15.0 Å². The summed E-state index contributed by atoms with van der Waals surface area (Å²) in [5.74, 6) is 0. The number of halogens is 1. The van der Waals surface area contributed by atoms with Crippen LogP contribution in [0.5, 0.6) is 0 Å². The van der Waals surface area contributed by atoms with Crippen LogP contribution in [0.15, 0.2) is 83.3 Å². The zero-order valence-corrected chi connectivity index (χ0v) is 17.4. The molecule has 4 heteroatoms. The van der Waals surface area contributed by atoms with Gasteiger partial charge in [-0.1, -0.05) is 64.5 Å². The number of para-hydroxylation sites is 1. The van der Waals surface area contributed by atoms with E-state index in [0.717, 1.165) is 53.7 Å². The zero-order valence-electron chi connectivity index (χ0n) is 15.8. The van der Waals surface area contributed by atoms with Gasteiger partial charge in [0, 0.05) is 37.1 Å². The lowest BCUT2D eigenvalue weighted by Crippen LogP contribution is -1.92. The molecule has 2 aromatic heterocycles. The number of hydrogen-bond donors (Lipinski definition) is 1. The highest BCUT2D eigenvalue weighted by molar-refractivity contribution is 9.10. The molecule has 0 aliphatic carbocycles.